The normalized spacial score (nSPS) is 11.0. The fourth-order valence-electron chi connectivity index (χ4n) is 2.04. The van der Waals surface area contributed by atoms with Crippen LogP contribution >= 0.6 is 0 Å². The molecule has 1 N–H and O–H groups in total. The highest BCUT2D eigenvalue weighted by molar-refractivity contribution is 5.44. The molecule has 0 aliphatic carbocycles. The van der Waals surface area contributed by atoms with Gasteiger partial charge in [-0.1, -0.05) is 32.9 Å². The summed E-state index contributed by atoms with van der Waals surface area (Å²) in [4.78, 5) is 4.57. The van der Waals surface area contributed by atoms with Gasteiger partial charge < -0.3 is 5.32 Å². The highest BCUT2D eigenvalue weighted by Crippen LogP contribution is 2.18. The number of anilines is 1. The highest BCUT2D eigenvalue weighted by atomic mass is 15.2. The average Bonchev–Trinajstić information content (AvgIpc) is 2.77. The monoisotopic (exact) mass is 257 g/mol. The van der Waals surface area contributed by atoms with E-state index in [-0.39, 0.29) is 0 Å². The van der Waals surface area contributed by atoms with Crippen molar-refractivity contribution in [2.45, 2.75) is 34.1 Å². The van der Waals surface area contributed by atoms with Crippen LogP contribution in [0.2, 0.25) is 0 Å². The van der Waals surface area contributed by atoms with Gasteiger partial charge in [-0.3, -0.25) is 4.57 Å². The van der Waals surface area contributed by atoms with Gasteiger partial charge in [0.1, 0.15) is 0 Å². The Morgan fingerprint density at radius 1 is 1.32 bits per heavy atom. The zero-order valence-electron chi connectivity index (χ0n) is 12.3. The van der Waals surface area contributed by atoms with Crippen LogP contribution in [0.4, 0.5) is 5.95 Å². The van der Waals surface area contributed by atoms with Crippen molar-refractivity contribution in [1.82, 2.24) is 9.55 Å². The zero-order chi connectivity index (χ0) is 13.8. The second-order valence-corrected chi connectivity index (χ2v) is 5.37. The number of benzene rings is 1. The third-order valence-corrected chi connectivity index (χ3v) is 3.09. The van der Waals surface area contributed by atoms with E-state index in [2.05, 4.69) is 66.1 Å². The van der Waals surface area contributed by atoms with Gasteiger partial charge in [0.15, 0.2) is 0 Å². The predicted molar refractivity (Wildman–Crippen MR) is 81.0 cm³/mol. The molecule has 0 aliphatic heterocycles. The molecule has 2 rings (SSSR count). The lowest BCUT2D eigenvalue weighted by molar-refractivity contribution is 0.683. The molecule has 2 aromatic rings. The van der Waals surface area contributed by atoms with E-state index < -0.39 is 0 Å². The van der Waals surface area contributed by atoms with Gasteiger partial charge in [0.2, 0.25) is 5.95 Å². The van der Waals surface area contributed by atoms with Crippen LogP contribution in [0.25, 0.3) is 5.69 Å². The first-order valence-corrected chi connectivity index (χ1v) is 6.99. The number of hydrogen-bond acceptors (Lipinski definition) is 2. The van der Waals surface area contributed by atoms with E-state index in [0.717, 1.165) is 24.6 Å². The van der Waals surface area contributed by atoms with Crippen LogP contribution in [0.5, 0.6) is 0 Å². The maximum atomic E-state index is 4.57. The predicted octanol–water partition coefficient (Wildman–Crippen LogP) is 3.81. The molecule has 1 aromatic carbocycles. The summed E-state index contributed by atoms with van der Waals surface area (Å²) in [6.07, 6.45) is 3.13. The number of nitrogens with one attached hydrogen (secondary N) is 1. The molecule has 3 heteroatoms. The second kappa shape index (κ2) is 5.91. The summed E-state index contributed by atoms with van der Waals surface area (Å²) in [7, 11) is 0. The minimum Gasteiger partial charge on any atom is -0.355 e. The van der Waals surface area contributed by atoms with Crippen molar-refractivity contribution in [1.29, 1.82) is 0 Å². The van der Waals surface area contributed by atoms with Gasteiger partial charge in [0.05, 0.1) is 5.69 Å². The first-order valence-electron chi connectivity index (χ1n) is 6.99. The van der Waals surface area contributed by atoms with Crippen LogP contribution in [0.3, 0.4) is 0 Å². The summed E-state index contributed by atoms with van der Waals surface area (Å²) in [6, 6.07) is 8.62. The molecule has 0 amide bonds. The van der Waals surface area contributed by atoms with Crippen LogP contribution in [0, 0.1) is 12.8 Å². The topological polar surface area (TPSA) is 29.9 Å². The zero-order valence-corrected chi connectivity index (χ0v) is 12.3. The molecule has 1 aromatic heterocycles. The molecule has 0 radical (unpaired) electrons. The SMILES string of the molecule is CCc1cccc(-n2cc(C)nc2NCC(C)C)c1. The van der Waals surface area contributed by atoms with Crippen LogP contribution < -0.4 is 5.32 Å². The van der Waals surface area contributed by atoms with Crippen molar-refractivity contribution in [2.75, 3.05) is 11.9 Å². The smallest absolute Gasteiger partial charge is 0.207 e. The molecular formula is C16H23N3. The van der Waals surface area contributed by atoms with Crippen LogP contribution in [-0.4, -0.2) is 16.1 Å². The van der Waals surface area contributed by atoms with Crippen molar-refractivity contribution in [3.05, 3.63) is 41.7 Å². The number of aryl methyl sites for hydroxylation is 2. The minimum absolute atomic E-state index is 0.604. The van der Waals surface area contributed by atoms with E-state index in [4.69, 9.17) is 0 Å². The summed E-state index contributed by atoms with van der Waals surface area (Å²) in [5, 5.41) is 3.42. The Labute approximate surface area is 115 Å². The van der Waals surface area contributed by atoms with Gasteiger partial charge in [-0.15, -0.1) is 0 Å². The Kier molecular flexibility index (Phi) is 4.25. The summed E-state index contributed by atoms with van der Waals surface area (Å²) in [6.45, 7) is 9.54. The molecule has 0 fully saturated rings. The van der Waals surface area contributed by atoms with Gasteiger partial charge in [-0.2, -0.15) is 0 Å². The summed E-state index contributed by atoms with van der Waals surface area (Å²) < 4.78 is 2.14. The van der Waals surface area contributed by atoms with Crippen molar-refractivity contribution in [3.63, 3.8) is 0 Å². The number of aromatic nitrogens is 2. The minimum atomic E-state index is 0.604. The average molecular weight is 257 g/mol. The Balaban J connectivity index is 2.32. The largest absolute Gasteiger partial charge is 0.355 e. The van der Waals surface area contributed by atoms with Gasteiger partial charge in [-0.05, 0) is 37.0 Å². The molecule has 0 atom stereocenters. The van der Waals surface area contributed by atoms with Gasteiger partial charge in [0.25, 0.3) is 0 Å². The molecule has 1 heterocycles. The third-order valence-electron chi connectivity index (χ3n) is 3.09. The van der Waals surface area contributed by atoms with Gasteiger partial charge >= 0.3 is 0 Å². The quantitative estimate of drug-likeness (QED) is 0.882. The Hall–Kier alpha value is -1.77. The van der Waals surface area contributed by atoms with Crippen molar-refractivity contribution < 1.29 is 0 Å². The maximum Gasteiger partial charge on any atom is 0.207 e. The van der Waals surface area contributed by atoms with Crippen LogP contribution in [0.15, 0.2) is 30.5 Å². The lowest BCUT2D eigenvalue weighted by Crippen LogP contribution is -2.12. The fourth-order valence-corrected chi connectivity index (χ4v) is 2.04. The molecule has 0 bridgehead atoms. The fraction of sp³-hybridized carbons (Fsp3) is 0.438. The molecule has 3 nitrogen and oxygen atoms in total. The number of rotatable bonds is 5. The number of nitrogens with zero attached hydrogens (tertiary/aromatic N) is 2. The van der Waals surface area contributed by atoms with E-state index >= 15 is 0 Å². The standard InChI is InChI=1S/C16H23N3/c1-5-14-7-6-8-15(9-14)19-11-13(4)18-16(19)17-10-12(2)3/h6-9,11-12H,5,10H2,1-4H3,(H,17,18). The Morgan fingerprint density at radius 2 is 2.11 bits per heavy atom. The highest BCUT2D eigenvalue weighted by Gasteiger charge is 2.08. The molecule has 0 unspecified atom stereocenters. The first kappa shape index (κ1) is 13.7. The van der Waals surface area contributed by atoms with E-state index in [0.29, 0.717) is 5.92 Å². The number of imidazole rings is 1. The molecule has 0 saturated heterocycles. The molecule has 0 spiro atoms. The lowest BCUT2D eigenvalue weighted by atomic mass is 10.1. The summed E-state index contributed by atoms with van der Waals surface area (Å²) in [5.41, 5.74) is 3.55. The molecule has 102 valence electrons. The van der Waals surface area contributed by atoms with Crippen molar-refractivity contribution >= 4 is 5.95 Å². The molecule has 0 saturated carbocycles. The van der Waals surface area contributed by atoms with E-state index in [1.807, 2.05) is 6.92 Å². The van der Waals surface area contributed by atoms with Crippen LogP contribution in [0.1, 0.15) is 32.0 Å². The lowest BCUT2D eigenvalue weighted by Gasteiger charge is -2.12. The summed E-state index contributed by atoms with van der Waals surface area (Å²) in [5.74, 6) is 1.53. The van der Waals surface area contributed by atoms with Crippen molar-refractivity contribution in [2.24, 2.45) is 5.92 Å². The second-order valence-electron chi connectivity index (χ2n) is 5.37. The van der Waals surface area contributed by atoms with Gasteiger partial charge in [0, 0.05) is 18.4 Å². The first-order chi connectivity index (χ1) is 9.10. The van der Waals surface area contributed by atoms with Gasteiger partial charge in [-0.25, -0.2) is 4.98 Å². The third kappa shape index (κ3) is 3.37. The van der Waals surface area contributed by atoms with E-state index in [9.17, 15) is 0 Å². The number of hydrogen-bond donors (Lipinski definition) is 1. The van der Waals surface area contributed by atoms with Crippen molar-refractivity contribution in [3.8, 4) is 5.69 Å². The van der Waals surface area contributed by atoms with E-state index in [1.165, 1.54) is 11.3 Å². The van der Waals surface area contributed by atoms with E-state index in [1.54, 1.807) is 0 Å². The van der Waals surface area contributed by atoms with Crippen LogP contribution in [-0.2, 0) is 6.42 Å². The summed E-state index contributed by atoms with van der Waals surface area (Å²) >= 11 is 0. The molecule has 0 aliphatic rings. The Bertz CT molecular complexity index is 541. The maximum absolute atomic E-state index is 4.57. The Morgan fingerprint density at radius 3 is 2.79 bits per heavy atom. The molecular weight excluding hydrogens is 234 g/mol. The molecule has 19 heavy (non-hydrogen) atoms.